The van der Waals surface area contributed by atoms with Gasteiger partial charge in [0.05, 0.1) is 7.11 Å². The second-order valence-corrected chi connectivity index (χ2v) is 4.75. The maximum Gasteiger partial charge on any atom is 0.413 e. The molecule has 2 rings (SSSR count). The van der Waals surface area contributed by atoms with Gasteiger partial charge in [-0.05, 0) is 36.5 Å². The topological polar surface area (TPSA) is 67.4 Å². The van der Waals surface area contributed by atoms with Crippen LogP contribution in [0.1, 0.15) is 15.9 Å². The Bertz CT molecular complexity index is 684. The summed E-state index contributed by atoms with van der Waals surface area (Å²) in [4.78, 5) is 23.3. The van der Waals surface area contributed by atoms with Gasteiger partial charge >= 0.3 is 6.09 Å². The molecule has 0 aliphatic rings. The highest BCUT2D eigenvalue weighted by Gasteiger charge is 2.09. The minimum absolute atomic E-state index is 0.0533. The van der Waals surface area contributed by atoms with Crippen molar-refractivity contribution in [2.75, 3.05) is 12.4 Å². The van der Waals surface area contributed by atoms with E-state index in [9.17, 15) is 9.59 Å². The first-order valence-electron chi connectivity index (χ1n) is 6.46. The number of ether oxygens (including phenoxy) is 1. The Labute approximate surface area is 133 Å². The zero-order valence-electron chi connectivity index (χ0n) is 11.8. The Morgan fingerprint density at radius 1 is 0.955 bits per heavy atom. The molecular weight excluding hydrogens is 300 g/mol. The van der Waals surface area contributed by atoms with Crippen LogP contribution in [0.5, 0.6) is 0 Å². The largest absolute Gasteiger partial charge is 0.453 e. The Kier molecular flexibility index (Phi) is 5.21. The monoisotopic (exact) mass is 314 g/mol. The predicted octanol–water partition coefficient (Wildman–Crippen LogP) is 2.97. The molecule has 2 aromatic carbocycles. The van der Waals surface area contributed by atoms with E-state index in [1.54, 1.807) is 36.4 Å². The quantitative estimate of drug-likeness (QED) is 0.673. The number of ketones is 1. The van der Waals surface area contributed by atoms with Crippen molar-refractivity contribution in [1.82, 2.24) is 5.32 Å². The number of carbonyl (C=O) groups excluding carboxylic acids is 2. The zero-order chi connectivity index (χ0) is 15.9. The van der Waals surface area contributed by atoms with Gasteiger partial charge in [0.1, 0.15) is 0 Å². The lowest BCUT2D eigenvalue weighted by Crippen LogP contribution is -2.33. The van der Waals surface area contributed by atoms with Crippen LogP contribution < -0.4 is 10.6 Å². The van der Waals surface area contributed by atoms with Crippen LogP contribution in [0, 0.1) is 0 Å². The number of benzene rings is 2. The van der Waals surface area contributed by atoms with Crippen LogP contribution in [-0.4, -0.2) is 24.1 Å². The summed E-state index contributed by atoms with van der Waals surface area (Å²) in [5, 5.41) is 5.27. The Hall–Kier alpha value is -2.73. The highest BCUT2D eigenvalue weighted by molar-refractivity contribution is 7.80. The molecule has 112 valence electrons. The highest BCUT2D eigenvalue weighted by Crippen LogP contribution is 2.13. The maximum absolute atomic E-state index is 12.2. The third-order valence-electron chi connectivity index (χ3n) is 2.84. The fourth-order valence-corrected chi connectivity index (χ4v) is 1.97. The zero-order valence-corrected chi connectivity index (χ0v) is 12.6. The molecule has 0 atom stereocenters. The van der Waals surface area contributed by atoms with Crippen molar-refractivity contribution in [2.45, 2.75) is 0 Å². The van der Waals surface area contributed by atoms with Gasteiger partial charge in [0, 0.05) is 16.8 Å². The molecule has 0 aliphatic carbocycles. The summed E-state index contributed by atoms with van der Waals surface area (Å²) in [6, 6.07) is 15.8. The van der Waals surface area contributed by atoms with Crippen molar-refractivity contribution in [3.05, 3.63) is 65.7 Å². The van der Waals surface area contributed by atoms with E-state index in [0.29, 0.717) is 16.8 Å². The second-order valence-electron chi connectivity index (χ2n) is 4.34. The fourth-order valence-electron chi connectivity index (χ4n) is 1.77. The Balaban J connectivity index is 2.03. The predicted molar refractivity (Wildman–Crippen MR) is 88.1 cm³/mol. The number of nitrogens with one attached hydrogen (secondary N) is 2. The summed E-state index contributed by atoms with van der Waals surface area (Å²) in [5.74, 6) is -0.0533. The smallest absolute Gasteiger partial charge is 0.413 e. The SMILES string of the molecule is COC(=O)NC(=S)Nc1ccc(C(=O)c2ccccc2)cc1. The van der Waals surface area contributed by atoms with Crippen LogP contribution in [-0.2, 0) is 4.74 Å². The molecule has 0 unspecified atom stereocenters. The molecule has 0 aliphatic heterocycles. The molecule has 5 nitrogen and oxygen atoms in total. The fraction of sp³-hybridized carbons (Fsp3) is 0.0625. The first-order chi connectivity index (χ1) is 10.6. The van der Waals surface area contributed by atoms with Crippen LogP contribution in [0.3, 0.4) is 0 Å². The molecule has 0 heterocycles. The van der Waals surface area contributed by atoms with E-state index in [4.69, 9.17) is 12.2 Å². The molecule has 0 radical (unpaired) electrons. The lowest BCUT2D eigenvalue weighted by molar-refractivity contribution is 0.103. The molecular formula is C16H14N2O3S. The minimum Gasteiger partial charge on any atom is -0.453 e. The van der Waals surface area contributed by atoms with Crippen LogP contribution >= 0.6 is 12.2 Å². The number of rotatable bonds is 3. The summed E-state index contributed by atoms with van der Waals surface area (Å²) >= 11 is 4.95. The molecule has 0 saturated carbocycles. The van der Waals surface area contributed by atoms with Crippen molar-refractivity contribution >= 4 is 34.9 Å². The molecule has 22 heavy (non-hydrogen) atoms. The molecule has 6 heteroatoms. The lowest BCUT2D eigenvalue weighted by atomic mass is 10.0. The van der Waals surface area contributed by atoms with Gasteiger partial charge < -0.3 is 10.1 Å². The maximum atomic E-state index is 12.2. The number of hydrogen-bond acceptors (Lipinski definition) is 4. The van der Waals surface area contributed by atoms with Crippen LogP contribution in [0.2, 0.25) is 0 Å². The first-order valence-corrected chi connectivity index (χ1v) is 6.87. The minimum atomic E-state index is -0.645. The van der Waals surface area contributed by atoms with Crippen LogP contribution in [0.25, 0.3) is 0 Å². The first kappa shape index (κ1) is 15.7. The van der Waals surface area contributed by atoms with Gasteiger partial charge in [-0.25, -0.2) is 4.79 Å². The van der Waals surface area contributed by atoms with Gasteiger partial charge in [0.25, 0.3) is 0 Å². The van der Waals surface area contributed by atoms with Crippen molar-refractivity contribution in [3.63, 3.8) is 0 Å². The number of hydrogen-bond donors (Lipinski definition) is 2. The summed E-state index contributed by atoms with van der Waals surface area (Å²) in [6.07, 6.45) is -0.645. The second kappa shape index (κ2) is 7.33. The Morgan fingerprint density at radius 2 is 1.55 bits per heavy atom. The Morgan fingerprint density at radius 3 is 2.14 bits per heavy atom. The molecule has 0 bridgehead atoms. The number of alkyl carbamates (subject to hydrolysis) is 1. The van der Waals surface area contributed by atoms with E-state index in [1.807, 2.05) is 18.2 Å². The number of methoxy groups -OCH3 is 1. The lowest BCUT2D eigenvalue weighted by Gasteiger charge is -2.09. The van der Waals surface area contributed by atoms with Gasteiger partial charge in [0.2, 0.25) is 0 Å². The summed E-state index contributed by atoms with van der Waals surface area (Å²) < 4.78 is 4.44. The van der Waals surface area contributed by atoms with E-state index in [2.05, 4.69) is 15.4 Å². The van der Waals surface area contributed by atoms with Crippen molar-refractivity contribution in [2.24, 2.45) is 0 Å². The standard InChI is InChI=1S/C16H14N2O3S/c1-21-16(20)18-15(22)17-13-9-7-12(8-10-13)14(19)11-5-3-2-4-6-11/h2-10H,1H3,(H2,17,18,20,22). The van der Waals surface area contributed by atoms with Gasteiger partial charge in [-0.2, -0.15) is 0 Å². The van der Waals surface area contributed by atoms with E-state index in [1.165, 1.54) is 7.11 Å². The van der Waals surface area contributed by atoms with Gasteiger partial charge in [0.15, 0.2) is 10.9 Å². The summed E-state index contributed by atoms with van der Waals surface area (Å²) in [6.45, 7) is 0. The molecule has 2 N–H and O–H groups in total. The number of amides is 1. The third kappa shape index (κ3) is 4.13. The number of thiocarbonyl (C=S) groups is 1. The van der Waals surface area contributed by atoms with Crippen molar-refractivity contribution in [1.29, 1.82) is 0 Å². The number of carbonyl (C=O) groups is 2. The van der Waals surface area contributed by atoms with E-state index < -0.39 is 6.09 Å². The van der Waals surface area contributed by atoms with Crippen LogP contribution in [0.4, 0.5) is 10.5 Å². The number of anilines is 1. The molecule has 0 saturated heterocycles. The highest BCUT2D eigenvalue weighted by atomic mass is 32.1. The molecule has 2 aromatic rings. The van der Waals surface area contributed by atoms with Gasteiger partial charge in [-0.15, -0.1) is 0 Å². The van der Waals surface area contributed by atoms with E-state index >= 15 is 0 Å². The average Bonchev–Trinajstić information content (AvgIpc) is 2.55. The summed E-state index contributed by atoms with van der Waals surface area (Å²) in [7, 11) is 1.25. The van der Waals surface area contributed by atoms with Gasteiger partial charge in [-0.1, -0.05) is 30.3 Å². The third-order valence-corrected chi connectivity index (χ3v) is 3.05. The van der Waals surface area contributed by atoms with Crippen LogP contribution in [0.15, 0.2) is 54.6 Å². The van der Waals surface area contributed by atoms with Crippen molar-refractivity contribution in [3.8, 4) is 0 Å². The van der Waals surface area contributed by atoms with E-state index in [-0.39, 0.29) is 10.9 Å². The molecule has 1 amide bonds. The van der Waals surface area contributed by atoms with Gasteiger partial charge in [-0.3, -0.25) is 10.1 Å². The van der Waals surface area contributed by atoms with E-state index in [0.717, 1.165) is 0 Å². The molecule has 0 fully saturated rings. The van der Waals surface area contributed by atoms with Crippen molar-refractivity contribution < 1.29 is 14.3 Å². The summed E-state index contributed by atoms with van der Waals surface area (Å²) in [5.41, 5.74) is 1.86. The molecule has 0 spiro atoms. The average molecular weight is 314 g/mol. The molecule has 0 aromatic heterocycles. The normalized spacial score (nSPS) is 9.68.